The summed E-state index contributed by atoms with van der Waals surface area (Å²) in [6.45, 7) is 0.274. The highest BCUT2D eigenvalue weighted by Crippen LogP contribution is 2.27. The van der Waals surface area contributed by atoms with Crippen LogP contribution in [0.2, 0.25) is 0 Å². The molecule has 1 saturated heterocycles. The first kappa shape index (κ1) is 20.2. The van der Waals surface area contributed by atoms with Gasteiger partial charge in [-0.3, -0.25) is 4.79 Å². The fourth-order valence-corrected chi connectivity index (χ4v) is 4.85. The van der Waals surface area contributed by atoms with Crippen molar-refractivity contribution in [1.82, 2.24) is 24.2 Å². The van der Waals surface area contributed by atoms with Crippen LogP contribution in [0.4, 0.5) is 0 Å². The van der Waals surface area contributed by atoms with Crippen LogP contribution in [-0.2, 0) is 10.0 Å². The van der Waals surface area contributed by atoms with Gasteiger partial charge in [-0.1, -0.05) is 5.21 Å². The fraction of sp³-hybridized carbons (Fsp3) is 0.812. The minimum Gasteiger partial charge on any atom is -0.391 e. The van der Waals surface area contributed by atoms with Gasteiger partial charge < -0.3 is 15.7 Å². The molecule has 3 rings (SSSR count). The molecule has 10 nitrogen and oxygen atoms in total. The van der Waals surface area contributed by atoms with Crippen LogP contribution >= 0.6 is 0 Å². The van der Waals surface area contributed by atoms with Gasteiger partial charge in [0, 0.05) is 39.1 Å². The fourth-order valence-electron chi connectivity index (χ4n) is 3.68. The molecule has 0 aromatic carbocycles. The van der Waals surface area contributed by atoms with Crippen molar-refractivity contribution in [2.45, 2.75) is 43.9 Å². The number of rotatable bonds is 5. The van der Waals surface area contributed by atoms with Crippen LogP contribution in [-0.4, -0.2) is 88.7 Å². The highest BCUT2D eigenvalue weighted by Gasteiger charge is 2.38. The van der Waals surface area contributed by atoms with Crippen LogP contribution in [0, 0.1) is 5.92 Å². The number of aromatic nitrogens is 3. The maximum atomic E-state index is 12.7. The Morgan fingerprint density at radius 3 is 2.59 bits per heavy atom. The van der Waals surface area contributed by atoms with Gasteiger partial charge in [-0.05, 0) is 25.7 Å². The van der Waals surface area contributed by atoms with Crippen molar-refractivity contribution in [1.29, 1.82) is 0 Å². The highest BCUT2D eigenvalue weighted by atomic mass is 32.2. The molecule has 0 bridgehead atoms. The first-order valence-corrected chi connectivity index (χ1v) is 10.8. The van der Waals surface area contributed by atoms with Gasteiger partial charge in [0.15, 0.2) is 5.69 Å². The molecule has 11 heteroatoms. The Balaban J connectivity index is 1.63. The lowest BCUT2D eigenvalue weighted by Crippen LogP contribution is -2.33. The number of sulfonamides is 1. The Hall–Kier alpha value is -1.56. The summed E-state index contributed by atoms with van der Waals surface area (Å²) in [7, 11) is -0.541. The lowest BCUT2D eigenvalue weighted by atomic mass is 9.92. The van der Waals surface area contributed by atoms with E-state index in [1.807, 2.05) is 0 Å². The van der Waals surface area contributed by atoms with Crippen LogP contribution in [0.1, 0.15) is 42.2 Å². The van der Waals surface area contributed by atoms with E-state index < -0.39 is 22.0 Å². The largest absolute Gasteiger partial charge is 0.391 e. The summed E-state index contributed by atoms with van der Waals surface area (Å²) >= 11 is 0. The number of aliphatic hydroxyl groups is 1. The number of hydrogen-bond donors (Lipinski definition) is 2. The first-order valence-electron chi connectivity index (χ1n) is 9.22. The van der Waals surface area contributed by atoms with Crippen molar-refractivity contribution in [2.75, 3.05) is 32.9 Å². The summed E-state index contributed by atoms with van der Waals surface area (Å²) in [5, 5.41) is 18.3. The standard InChI is InChI=1S/C16H28N6O4S/c1-20(2)27(25,26)10-11-7-21(9-15(11)23)16(24)14-8-22(19-18-14)13-5-3-12(17)4-6-13/h8,11-13,15,23H,3-7,9-10,17H2,1-2H3/t11-,12?,13?,15-/m0/s1. The Bertz CT molecular complexity index is 772. The van der Waals surface area contributed by atoms with Gasteiger partial charge in [0.1, 0.15) is 0 Å². The van der Waals surface area contributed by atoms with E-state index in [0.29, 0.717) is 0 Å². The van der Waals surface area contributed by atoms with E-state index in [-0.39, 0.29) is 42.5 Å². The second-order valence-corrected chi connectivity index (χ2v) is 9.98. The van der Waals surface area contributed by atoms with Gasteiger partial charge in [-0.25, -0.2) is 17.4 Å². The van der Waals surface area contributed by atoms with Gasteiger partial charge in [0.25, 0.3) is 5.91 Å². The monoisotopic (exact) mass is 400 g/mol. The van der Waals surface area contributed by atoms with E-state index in [4.69, 9.17) is 5.73 Å². The third-order valence-electron chi connectivity index (χ3n) is 5.52. The Kier molecular flexibility index (Phi) is 5.84. The first-order chi connectivity index (χ1) is 12.7. The number of nitrogens with zero attached hydrogens (tertiary/aromatic N) is 5. The SMILES string of the molecule is CN(C)S(=O)(=O)C[C@@H]1CN(C(=O)c2cn(C3CCC(N)CC3)nn2)C[C@@H]1O. The van der Waals surface area contributed by atoms with E-state index in [1.165, 1.54) is 19.0 Å². The number of hydrogen-bond acceptors (Lipinski definition) is 7. The van der Waals surface area contributed by atoms with Crippen molar-refractivity contribution in [3.63, 3.8) is 0 Å². The zero-order chi connectivity index (χ0) is 19.8. The summed E-state index contributed by atoms with van der Waals surface area (Å²) < 4.78 is 27.0. The topological polar surface area (TPSA) is 135 Å². The average Bonchev–Trinajstić information content (AvgIpc) is 3.22. The van der Waals surface area contributed by atoms with Crippen LogP contribution in [0.25, 0.3) is 0 Å². The molecular weight excluding hydrogens is 372 g/mol. The molecule has 2 atom stereocenters. The van der Waals surface area contributed by atoms with Crippen molar-refractivity contribution in [2.24, 2.45) is 11.7 Å². The summed E-state index contributed by atoms with van der Waals surface area (Å²) in [4.78, 5) is 14.2. The molecule has 1 aliphatic heterocycles. The van der Waals surface area contributed by atoms with E-state index in [0.717, 1.165) is 30.0 Å². The van der Waals surface area contributed by atoms with E-state index in [9.17, 15) is 18.3 Å². The minimum absolute atomic E-state index is 0.0948. The Labute approximate surface area is 159 Å². The third kappa shape index (κ3) is 4.48. The second-order valence-electron chi connectivity index (χ2n) is 7.75. The molecule has 1 aliphatic carbocycles. The summed E-state index contributed by atoms with van der Waals surface area (Å²) in [6, 6.07) is 0.424. The molecule has 152 valence electrons. The summed E-state index contributed by atoms with van der Waals surface area (Å²) in [5.74, 6) is -1.05. The number of nitrogens with two attached hydrogens (primary N) is 1. The molecule has 3 N–H and O–H groups in total. The zero-order valence-corrected chi connectivity index (χ0v) is 16.5. The quantitative estimate of drug-likeness (QED) is 0.650. The van der Waals surface area contributed by atoms with Crippen LogP contribution in [0.3, 0.4) is 0 Å². The maximum Gasteiger partial charge on any atom is 0.276 e. The number of β-amino-alcohol motifs (C(OH)–C–C–N with tert-alkyl or cyclic N) is 1. The normalized spacial score (nSPS) is 29.4. The van der Waals surface area contributed by atoms with Gasteiger partial charge in [-0.15, -0.1) is 5.10 Å². The number of amides is 1. The smallest absolute Gasteiger partial charge is 0.276 e. The molecule has 1 saturated carbocycles. The lowest BCUT2D eigenvalue weighted by Gasteiger charge is -2.25. The highest BCUT2D eigenvalue weighted by molar-refractivity contribution is 7.89. The van der Waals surface area contributed by atoms with E-state index >= 15 is 0 Å². The summed E-state index contributed by atoms with van der Waals surface area (Å²) in [6.07, 6.45) is 4.43. The van der Waals surface area contributed by atoms with Crippen LogP contribution < -0.4 is 5.73 Å². The molecule has 2 fully saturated rings. The van der Waals surface area contributed by atoms with Crippen LogP contribution in [0.5, 0.6) is 0 Å². The zero-order valence-electron chi connectivity index (χ0n) is 15.7. The Morgan fingerprint density at radius 2 is 1.96 bits per heavy atom. The predicted molar refractivity (Wildman–Crippen MR) is 98.4 cm³/mol. The van der Waals surface area contributed by atoms with E-state index in [2.05, 4.69) is 10.3 Å². The van der Waals surface area contributed by atoms with Gasteiger partial charge >= 0.3 is 0 Å². The molecule has 2 aliphatic rings. The lowest BCUT2D eigenvalue weighted by molar-refractivity contribution is 0.0759. The number of carbonyl (C=O) groups excluding carboxylic acids is 1. The molecule has 27 heavy (non-hydrogen) atoms. The van der Waals surface area contributed by atoms with Crippen molar-refractivity contribution >= 4 is 15.9 Å². The Morgan fingerprint density at radius 1 is 1.30 bits per heavy atom. The minimum atomic E-state index is -3.45. The van der Waals surface area contributed by atoms with Crippen molar-refractivity contribution < 1.29 is 18.3 Å². The molecule has 0 radical (unpaired) electrons. The van der Waals surface area contributed by atoms with Gasteiger partial charge in [0.05, 0.1) is 24.1 Å². The number of aliphatic hydroxyl groups excluding tert-OH is 1. The van der Waals surface area contributed by atoms with Crippen LogP contribution in [0.15, 0.2) is 6.20 Å². The number of likely N-dealkylation sites (tertiary alicyclic amines) is 1. The molecule has 2 heterocycles. The average molecular weight is 401 g/mol. The van der Waals surface area contributed by atoms with Gasteiger partial charge in [-0.2, -0.15) is 0 Å². The molecule has 0 unspecified atom stereocenters. The molecule has 0 spiro atoms. The molecular formula is C16H28N6O4S. The predicted octanol–water partition coefficient (Wildman–Crippen LogP) is -0.955. The molecule has 1 aromatic heterocycles. The summed E-state index contributed by atoms with van der Waals surface area (Å²) in [5.41, 5.74) is 6.14. The van der Waals surface area contributed by atoms with Crippen molar-refractivity contribution in [3.8, 4) is 0 Å². The number of carbonyl (C=O) groups is 1. The third-order valence-corrected chi connectivity index (χ3v) is 7.48. The van der Waals surface area contributed by atoms with Crippen molar-refractivity contribution in [3.05, 3.63) is 11.9 Å². The van der Waals surface area contributed by atoms with E-state index in [1.54, 1.807) is 10.9 Å². The second kappa shape index (κ2) is 7.82. The maximum absolute atomic E-state index is 12.7. The molecule has 1 amide bonds. The van der Waals surface area contributed by atoms with Gasteiger partial charge in [0.2, 0.25) is 10.0 Å². The molecule has 1 aromatic rings.